The number of fused-ring (bicyclic) bond motifs is 2. The van der Waals surface area contributed by atoms with E-state index in [1.54, 1.807) is 0 Å². The van der Waals surface area contributed by atoms with Gasteiger partial charge < -0.3 is 5.32 Å². The molecule has 1 unspecified atom stereocenters. The Kier molecular flexibility index (Phi) is 1.26. The molecule has 1 N–H and O–H groups in total. The maximum Gasteiger partial charge on any atom is 0.00950 e. The normalized spacial score (nSPS) is 48.3. The highest BCUT2D eigenvalue weighted by molar-refractivity contribution is 4.93. The van der Waals surface area contributed by atoms with E-state index >= 15 is 0 Å². The Morgan fingerprint density at radius 2 is 2.11 bits per heavy atom. The van der Waals surface area contributed by atoms with Crippen LogP contribution in [0, 0.1) is 11.8 Å². The molecule has 0 aromatic carbocycles. The summed E-state index contributed by atoms with van der Waals surface area (Å²) in [6.45, 7) is 0. The van der Waals surface area contributed by atoms with Crippen LogP contribution in [0.5, 0.6) is 0 Å². The quantitative estimate of drug-likeness (QED) is 0.558. The monoisotopic (exact) mass is 125 g/mol. The van der Waals surface area contributed by atoms with Crippen molar-refractivity contribution >= 4 is 0 Å². The summed E-state index contributed by atoms with van der Waals surface area (Å²) >= 11 is 0. The molecule has 2 fully saturated rings. The fourth-order valence-corrected chi connectivity index (χ4v) is 2.60. The molecule has 2 rings (SSSR count). The maximum atomic E-state index is 3.40. The second kappa shape index (κ2) is 1.98. The van der Waals surface area contributed by atoms with Crippen molar-refractivity contribution < 1.29 is 0 Å². The highest BCUT2D eigenvalue weighted by Crippen LogP contribution is 2.44. The first-order valence-electron chi connectivity index (χ1n) is 4.07. The fourth-order valence-electron chi connectivity index (χ4n) is 2.60. The Hall–Kier alpha value is -0.0400. The largest absolute Gasteiger partial charge is 0.317 e. The van der Waals surface area contributed by atoms with Gasteiger partial charge in [-0.3, -0.25) is 0 Å². The third-order valence-corrected chi connectivity index (χ3v) is 3.11. The number of nitrogens with one attached hydrogen (secondary N) is 1. The van der Waals surface area contributed by atoms with Crippen molar-refractivity contribution in [2.45, 2.75) is 31.7 Å². The van der Waals surface area contributed by atoms with Gasteiger partial charge in [-0.2, -0.15) is 0 Å². The van der Waals surface area contributed by atoms with Crippen LogP contribution in [0.4, 0.5) is 0 Å². The lowest BCUT2D eigenvalue weighted by Gasteiger charge is -2.20. The van der Waals surface area contributed by atoms with Gasteiger partial charge in [-0.25, -0.2) is 0 Å². The summed E-state index contributed by atoms with van der Waals surface area (Å²) in [4.78, 5) is 0. The smallest absolute Gasteiger partial charge is 0.00950 e. The Bertz CT molecular complexity index is 111. The number of hydrogen-bond acceptors (Lipinski definition) is 1. The topological polar surface area (TPSA) is 12.0 Å². The van der Waals surface area contributed by atoms with Crippen LogP contribution in [0.25, 0.3) is 0 Å². The minimum absolute atomic E-state index is 0.878. The van der Waals surface area contributed by atoms with Gasteiger partial charge in [-0.05, 0) is 38.1 Å². The van der Waals surface area contributed by atoms with Gasteiger partial charge in [0.25, 0.3) is 0 Å². The first kappa shape index (κ1) is 5.72. The van der Waals surface area contributed by atoms with Gasteiger partial charge in [0.15, 0.2) is 0 Å². The zero-order valence-corrected chi connectivity index (χ0v) is 6.06. The molecular formula is C8H15N. The average Bonchev–Trinajstić information content (AvgIpc) is 2.45. The Balaban J connectivity index is 2.01. The molecular weight excluding hydrogens is 110 g/mol. The van der Waals surface area contributed by atoms with Crippen molar-refractivity contribution in [2.24, 2.45) is 11.8 Å². The summed E-state index contributed by atoms with van der Waals surface area (Å²) < 4.78 is 0. The minimum atomic E-state index is 0.878. The van der Waals surface area contributed by atoms with E-state index in [0.29, 0.717) is 0 Å². The zero-order valence-electron chi connectivity index (χ0n) is 6.06. The third-order valence-electron chi connectivity index (χ3n) is 3.11. The van der Waals surface area contributed by atoms with Gasteiger partial charge in [0.2, 0.25) is 0 Å². The van der Waals surface area contributed by atoms with Crippen LogP contribution in [0.15, 0.2) is 0 Å². The molecule has 2 aliphatic carbocycles. The molecule has 0 aromatic rings. The molecule has 2 saturated carbocycles. The number of hydrogen-bond donors (Lipinski definition) is 1. The summed E-state index contributed by atoms with van der Waals surface area (Å²) in [6, 6.07) is 0.878. The maximum absolute atomic E-state index is 3.40. The lowest BCUT2D eigenvalue weighted by Crippen LogP contribution is -2.30. The fraction of sp³-hybridized carbons (Fsp3) is 1.00. The summed E-state index contributed by atoms with van der Waals surface area (Å²) in [5.74, 6) is 2.13. The van der Waals surface area contributed by atoms with Crippen LogP contribution in [-0.2, 0) is 0 Å². The molecule has 2 aliphatic rings. The second-order valence-corrected chi connectivity index (χ2v) is 3.57. The standard InChI is InChI=1S/C8H15N/c1-9-8-5-6-2-3-7(8)4-6/h6-9H,2-5H2,1H3/t6-,7-,8?/m0/s1. The van der Waals surface area contributed by atoms with Crippen LogP contribution in [-0.4, -0.2) is 13.1 Å². The van der Waals surface area contributed by atoms with E-state index in [1.807, 2.05) is 0 Å². The van der Waals surface area contributed by atoms with Crippen LogP contribution in [0.3, 0.4) is 0 Å². The molecule has 1 nitrogen and oxygen atoms in total. The molecule has 0 aromatic heterocycles. The summed E-state index contributed by atoms with van der Waals surface area (Å²) in [7, 11) is 2.10. The summed E-state index contributed by atoms with van der Waals surface area (Å²) in [5, 5.41) is 3.40. The molecule has 0 spiro atoms. The Morgan fingerprint density at radius 3 is 2.44 bits per heavy atom. The Labute approximate surface area is 56.8 Å². The van der Waals surface area contributed by atoms with Crippen LogP contribution in [0.1, 0.15) is 25.7 Å². The predicted octanol–water partition coefficient (Wildman–Crippen LogP) is 1.39. The van der Waals surface area contributed by atoms with E-state index in [9.17, 15) is 0 Å². The van der Waals surface area contributed by atoms with Crippen molar-refractivity contribution in [1.29, 1.82) is 0 Å². The zero-order chi connectivity index (χ0) is 6.27. The van der Waals surface area contributed by atoms with Crippen molar-refractivity contribution in [3.63, 3.8) is 0 Å². The third kappa shape index (κ3) is 0.787. The van der Waals surface area contributed by atoms with Crippen molar-refractivity contribution in [3.8, 4) is 0 Å². The van der Waals surface area contributed by atoms with E-state index in [-0.39, 0.29) is 0 Å². The molecule has 0 heterocycles. The van der Waals surface area contributed by atoms with Gasteiger partial charge in [0.1, 0.15) is 0 Å². The van der Waals surface area contributed by atoms with E-state index in [4.69, 9.17) is 0 Å². The van der Waals surface area contributed by atoms with E-state index < -0.39 is 0 Å². The van der Waals surface area contributed by atoms with Crippen LogP contribution < -0.4 is 5.32 Å². The molecule has 9 heavy (non-hydrogen) atoms. The average molecular weight is 125 g/mol. The molecule has 0 radical (unpaired) electrons. The summed E-state index contributed by atoms with van der Waals surface area (Å²) in [6.07, 6.45) is 5.99. The first-order valence-corrected chi connectivity index (χ1v) is 4.07. The second-order valence-electron chi connectivity index (χ2n) is 3.57. The number of rotatable bonds is 1. The molecule has 2 bridgehead atoms. The van der Waals surface area contributed by atoms with Gasteiger partial charge in [0.05, 0.1) is 0 Å². The van der Waals surface area contributed by atoms with E-state index in [2.05, 4.69) is 12.4 Å². The molecule has 0 aliphatic heterocycles. The lowest BCUT2D eigenvalue weighted by atomic mass is 9.96. The molecule has 3 atom stereocenters. The molecule has 52 valence electrons. The highest BCUT2D eigenvalue weighted by atomic mass is 14.9. The van der Waals surface area contributed by atoms with Crippen LogP contribution >= 0.6 is 0 Å². The van der Waals surface area contributed by atoms with Gasteiger partial charge >= 0.3 is 0 Å². The van der Waals surface area contributed by atoms with Crippen molar-refractivity contribution in [1.82, 2.24) is 5.32 Å². The predicted molar refractivity (Wildman–Crippen MR) is 38.3 cm³/mol. The van der Waals surface area contributed by atoms with Gasteiger partial charge in [-0.1, -0.05) is 6.42 Å². The van der Waals surface area contributed by atoms with Crippen molar-refractivity contribution in [2.75, 3.05) is 7.05 Å². The molecule has 0 saturated heterocycles. The summed E-state index contributed by atoms with van der Waals surface area (Å²) in [5.41, 5.74) is 0. The Morgan fingerprint density at radius 1 is 1.22 bits per heavy atom. The molecule has 0 amide bonds. The SMILES string of the molecule is CNC1C[C@H]2CC[C@H]1C2. The van der Waals surface area contributed by atoms with Crippen molar-refractivity contribution in [3.05, 3.63) is 0 Å². The highest BCUT2D eigenvalue weighted by Gasteiger charge is 2.38. The van der Waals surface area contributed by atoms with E-state index in [1.165, 1.54) is 25.7 Å². The lowest BCUT2D eigenvalue weighted by molar-refractivity contribution is 0.372. The minimum Gasteiger partial charge on any atom is -0.317 e. The van der Waals surface area contributed by atoms with Crippen LogP contribution in [0.2, 0.25) is 0 Å². The van der Waals surface area contributed by atoms with E-state index in [0.717, 1.165) is 17.9 Å². The first-order chi connectivity index (χ1) is 4.40. The molecule has 1 heteroatoms. The van der Waals surface area contributed by atoms with Gasteiger partial charge in [0, 0.05) is 6.04 Å². The van der Waals surface area contributed by atoms with Gasteiger partial charge in [-0.15, -0.1) is 0 Å².